The van der Waals surface area contributed by atoms with Crippen molar-refractivity contribution in [1.29, 1.82) is 0 Å². The topological polar surface area (TPSA) is 35.3 Å². The van der Waals surface area contributed by atoms with Gasteiger partial charge in [-0.05, 0) is 36.8 Å². The van der Waals surface area contributed by atoms with Crippen molar-refractivity contribution >= 4 is 39.5 Å². The van der Waals surface area contributed by atoms with Crippen LogP contribution in [-0.2, 0) is 6.61 Å². The highest BCUT2D eigenvalue weighted by atomic mass is 35.5. The summed E-state index contributed by atoms with van der Waals surface area (Å²) < 4.78 is 24.3. The summed E-state index contributed by atoms with van der Waals surface area (Å²) in [5, 5.41) is 3.65. The van der Waals surface area contributed by atoms with E-state index in [9.17, 15) is 4.39 Å². The van der Waals surface area contributed by atoms with Gasteiger partial charge in [-0.25, -0.2) is 4.98 Å². The number of allylic oxidation sites excluding steroid dienone is 2. The molecule has 0 bridgehead atoms. The smallest absolute Gasteiger partial charge is 0.278 e. The van der Waals surface area contributed by atoms with Gasteiger partial charge in [0.05, 0.1) is 10.7 Å². The molecule has 1 aliphatic carbocycles. The average molecular weight is 378 g/mol. The first-order valence-corrected chi connectivity index (χ1v) is 9.50. The number of benzene rings is 1. The van der Waals surface area contributed by atoms with Crippen molar-refractivity contribution in [3.05, 3.63) is 51.9 Å². The molecule has 6 heteroatoms. The van der Waals surface area contributed by atoms with Crippen molar-refractivity contribution in [2.75, 3.05) is 0 Å². The Bertz CT molecular complexity index is 946. The normalized spacial score (nSPS) is 17.7. The molecule has 0 saturated carbocycles. The van der Waals surface area contributed by atoms with Crippen LogP contribution in [0.5, 0.6) is 5.19 Å². The molecule has 0 fully saturated rings. The SMILES string of the molecule is CC1CC=C(c2csc(OCc3ccc(Cl)c4cc(F)oc34)n2)CC1. The quantitative estimate of drug-likeness (QED) is 0.523. The summed E-state index contributed by atoms with van der Waals surface area (Å²) in [6.45, 7) is 2.52. The fourth-order valence-corrected chi connectivity index (χ4v) is 3.94. The Labute approximate surface area is 154 Å². The summed E-state index contributed by atoms with van der Waals surface area (Å²) in [4.78, 5) is 4.57. The maximum absolute atomic E-state index is 13.4. The number of furan rings is 1. The average Bonchev–Trinajstić information content (AvgIpc) is 3.22. The zero-order valence-electron chi connectivity index (χ0n) is 13.7. The summed E-state index contributed by atoms with van der Waals surface area (Å²) in [7, 11) is 0. The minimum atomic E-state index is -0.653. The summed E-state index contributed by atoms with van der Waals surface area (Å²) in [6, 6.07) is 4.14. The Morgan fingerprint density at radius 1 is 1.44 bits per heavy atom. The Balaban J connectivity index is 1.50. The lowest BCUT2D eigenvalue weighted by Gasteiger charge is -2.16. The molecule has 0 amide bonds. The number of hydrogen-bond acceptors (Lipinski definition) is 4. The summed E-state index contributed by atoms with van der Waals surface area (Å²) in [6.07, 6.45) is 5.65. The van der Waals surface area contributed by atoms with Gasteiger partial charge in [0, 0.05) is 22.4 Å². The van der Waals surface area contributed by atoms with Crippen LogP contribution in [0.4, 0.5) is 4.39 Å². The van der Waals surface area contributed by atoms with Crippen molar-refractivity contribution in [3.8, 4) is 5.19 Å². The predicted molar refractivity (Wildman–Crippen MR) is 98.6 cm³/mol. The van der Waals surface area contributed by atoms with Gasteiger partial charge in [-0.3, -0.25) is 0 Å². The van der Waals surface area contributed by atoms with Gasteiger partial charge in [0.1, 0.15) is 12.2 Å². The van der Waals surface area contributed by atoms with E-state index in [1.165, 1.54) is 29.4 Å². The number of aromatic nitrogens is 1. The van der Waals surface area contributed by atoms with E-state index in [2.05, 4.69) is 18.0 Å². The summed E-state index contributed by atoms with van der Waals surface area (Å²) in [5.74, 6) is 0.749. The monoisotopic (exact) mass is 377 g/mol. The van der Waals surface area contributed by atoms with Gasteiger partial charge in [0.2, 0.25) is 0 Å². The highest BCUT2D eigenvalue weighted by Crippen LogP contribution is 2.33. The molecule has 1 unspecified atom stereocenters. The van der Waals surface area contributed by atoms with Gasteiger partial charge in [-0.2, -0.15) is 4.39 Å². The third kappa shape index (κ3) is 3.44. The summed E-state index contributed by atoms with van der Waals surface area (Å²) >= 11 is 7.55. The zero-order valence-corrected chi connectivity index (χ0v) is 15.3. The highest BCUT2D eigenvalue weighted by Gasteiger charge is 2.16. The van der Waals surface area contributed by atoms with Crippen LogP contribution in [0, 0.1) is 11.9 Å². The molecule has 1 aromatic carbocycles. The predicted octanol–water partition coefficient (Wildman–Crippen LogP) is 6.46. The van der Waals surface area contributed by atoms with Crippen LogP contribution in [0.3, 0.4) is 0 Å². The van der Waals surface area contributed by atoms with E-state index in [1.807, 2.05) is 5.38 Å². The molecule has 3 nitrogen and oxygen atoms in total. The maximum Gasteiger partial charge on any atom is 0.278 e. The molecule has 1 atom stereocenters. The largest absolute Gasteiger partial charge is 0.465 e. The summed E-state index contributed by atoms with van der Waals surface area (Å²) in [5.41, 5.74) is 3.46. The first-order valence-electron chi connectivity index (χ1n) is 8.24. The van der Waals surface area contributed by atoms with Crippen molar-refractivity contribution in [2.24, 2.45) is 5.92 Å². The molecule has 0 radical (unpaired) electrons. The first kappa shape index (κ1) is 16.6. The lowest BCUT2D eigenvalue weighted by atomic mass is 9.90. The van der Waals surface area contributed by atoms with Gasteiger partial charge in [-0.15, -0.1) is 0 Å². The molecule has 2 heterocycles. The van der Waals surface area contributed by atoms with Crippen LogP contribution >= 0.6 is 22.9 Å². The molecular weight excluding hydrogens is 361 g/mol. The van der Waals surface area contributed by atoms with Crippen molar-refractivity contribution in [2.45, 2.75) is 32.8 Å². The van der Waals surface area contributed by atoms with Crippen LogP contribution in [0.25, 0.3) is 16.5 Å². The van der Waals surface area contributed by atoms with Gasteiger partial charge in [-0.1, -0.05) is 42.0 Å². The van der Waals surface area contributed by atoms with Gasteiger partial charge >= 0.3 is 0 Å². The lowest BCUT2D eigenvalue weighted by molar-refractivity contribution is 0.301. The number of ether oxygens (including phenoxy) is 1. The minimum absolute atomic E-state index is 0.254. The second-order valence-corrected chi connectivity index (χ2v) is 7.62. The minimum Gasteiger partial charge on any atom is -0.465 e. The number of thiazole rings is 1. The van der Waals surface area contributed by atoms with E-state index in [-0.39, 0.29) is 6.61 Å². The molecular formula is C19H17ClFNO2S. The molecule has 0 N–H and O–H groups in total. The maximum atomic E-state index is 13.4. The Kier molecular flexibility index (Phi) is 4.52. The van der Waals surface area contributed by atoms with Crippen molar-refractivity contribution in [1.82, 2.24) is 4.98 Å². The molecule has 4 rings (SSSR count). The third-order valence-electron chi connectivity index (χ3n) is 4.52. The van der Waals surface area contributed by atoms with E-state index in [1.54, 1.807) is 12.1 Å². The number of nitrogens with zero attached hydrogens (tertiary/aromatic N) is 1. The Hall–Kier alpha value is -1.85. The van der Waals surface area contributed by atoms with E-state index < -0.39 is 6.01 Å². The van der Waals surface area contributed by atoms with Gasteiger partial charge in [0.15, 0.2) is 0 Å². The Morgan fingerprint density at radius 2 is 2.32 bits per heavy atom. The van der Waals surface area contributed by atoms with Gasteiger partial charge in [0.25, 0.3) is 11.2 Å². The van der Waals surface area contributed by atoms with Crippen LogP contribution in [0.2, 0.25) is 5.02 Å². The number of halogens is 2. The fraction of sp³-hybridized carbons (Fsp3) is 0.316. The number of fused-ring (bicyclic) bond motifs is 1. The fourth-order valence-electron chi connectivity index (χ4n) is 3.04. The molecule has 0 aliphatic heterocycles. The van der Waals surface area contributed by atoms with Crippen molar-refractivity contribution in [3.63, 3.8) is 0 Å². The molecule has 1 aliphatic rings. The number of rotatable bonds is 4. The lowest BCUT2D eigenvalue weighted by Crippen LogP contribution is -2.01. The molecule has 3 aromatic rings. The third-order valence-corrected chi connectivity index (χ3v) is 5.60. The van der Waals surface area contributed by atoms with E-state index in [0.29, 0.717) is 21.2 Å². The Morgan fingerprint density at radius 3 is 3.12 bits per heavy atom. The standard InChI is InChI=1S/C19H17ClFNO2S/c1-11-2-4-12(5-3-11)16-10-25-19(22-16)23-9-13-6-7-15(20)14-8-17(21)24-18(13)14/h4,6-8,10-11H,2-3,5,9H2,1H3. The molecule has 130 valence electrons. The molecule has 2 aromatic heterocycles. The van der Waals surface area contributed by atoms with E-state index in [0.717, 1.165) is 30.0 Å². The highest BCUT2D eigenvalue weighted by molar-refractivity contribution is 7.11. The molecule has 0 saturated heterocycles. The zero-order chi connectivity index (χ0) is 17.4. The second-order valence-electron chi connectivity index (χ2n) is 6.40. The second kappa shape index (κ2) is 6.81. The van der Waals surface area contributed by atoms with E-state index in [4.69, 9.17) is 20.8 Å². The van der Waals surface area contributed by atoms with Crippen LogP contribution in [0.15, 0.2) is 34.1 Å². The van der Waals surface area contributed by atoms with E-state index >= 15 is 0 Å². The van der Waals surface area contributed by atoms with Crippen LogP contribution in [0.1, 0.15) is 37.4 Å². The number of hydrogen-bond donors (Lipinski definition) is 0. The molecule has 25 heavy (non-hydrogen) atoms. The van der Waals surface area contributed by atoms with Gasteiger partial charge < -0.3 is 9.15 Å². The first-order chi connectivity index (χ1) is 12.1. The van der Waals surface area contributed by atoms with Crippen LogP contribution in [-0.4, -0.2) is 4.98 Å². The van der Waals surface area contributed by atoms with Crippen LogP contribution < -0.4 is 4.74 Å². The molecule has 0 spiro atoms. The van der Waals surface area contributed by atoms with Crippen molar-refractivity contribution < 1.29 is 13.5 Å².